The van der Waals surface area contributed by atoms with Gasteiger partial charge in [-0.2, -0.15) is 0 Å². The van der Waals surface area contributed by atoms with Crippen molar-refractivity contribution < 1.29 is 18.4 Å². The number of nitrogens with zero attached hydrogens (tertiary/aromatic N) is 2. The molecule has 0 spiro atoms. The third kappa shape index (κ3) is 4.37. The Hall–Kier alpha value is -2.94. The van der Waals surface area contributed by atoms with E-state index in [-0.39, 0.29) is 23.1 Å². The molecule has 136 valence electrons. The van der Waals surface area contributed by atoms with Gasteiger partial charge in [0.15, 0.2) is 11.5 Å². The first-order valence-electron chi connectivity index (χ1n) is 8.13. The standard InChI is InChI=1S/C17H17F2N5O2/c18-11-7-10(8-12(19)9-11)16(25)24-15-14(21-5-6-22-15)17(26)23-13-1-3-20-4-2-13/h5-9,13,20H,1-4H2,(H,23,26)(H,22,24,25). The molecule has 7 nitrogen and oxygen atoms in total. The molecule has 1 fully saturated rings. The van der Waals surface area contributed by atoms with Crippen molar-refractivity contribution in [2.75, 3.05) is 18.4 Å². The Morgan fingerprint density at radius 1 is 1.00 bits per heavy atom. The van der Waals surface area contributed by atoms with E-state index in [1.54, 1.807) is 0 Å². The van der Waals surface area contributed by atoms with Crippen LogP contribution < -0.4 is 16.0 Å². The summed E-state index contributed by atoms with van der Waals surface area (Å²) in [7, 11) is 0. The Morgan fingerprint density at radius 3 is 2.35 bits per heavy atom. The molecule has 1 saturated heterocycles. The maximum absolute atomic E-state index is 13.3. The first-order chi connectivity index (χ1) is 12.5. The molecule has 26 heavy (non-hydrogen) atoms. The van der Waals surface area contributed by atoms with E-state index >= 15 is 0 Å². The fraction of sp³-hybridized carbons (Fsp3) is 0.294. The molecule has 0 aliphatic carbocycles. The van der Waals surface area contributed by atoms with Crippen LogP contribution in [0.3, 0.4) is 0 Å². The predicted molar refractivity (Wildman–Crippen MR) is 89.7 cm³/mol. The number of nitrogens with one attached hydrogen (secondary N) is 3. The van der Waals surface area contributed by atoms with Crippen LogP contribution in [0.1, 0.15) is 33.7 Å². The van der Waals surface area contributed by atoms with E-state index in [0.717, 1.165) is 38.1 Å². The number of carbonyl (C=O) groups excluding carboxylic acids is 2. The topological polar surface area (TPSA) is 96.0 Å². The van der Waals surface area contributed by atoms with Crippen LogP contribution in [-0.4, -0.2) is 40.9 Å². The number of carbonyl (C=O) groups is 2. The number of hydrogen-bond donors (Lipinski definition) is 3. The van der Waals surface area contributed by atoms with Crippen molar-refractivity contribution in [3.63, 3.8) is 0 Å². The molecule has 3 N–H and O–H groups in total. The van der Waals surface area contributed by atoms with Crippen LogP contribution in [0.15, 0.2) is 30.6 Å². The average molecular weight is 361 g/mol. The van der Waals surface area contributed by atoms with Gasteiger partial charge in [-0.25, -0.2) is 18.7 Å². The Morgan fingerprint density at radius 2 is 1.65 bits per heavy atom. The summed E-state index contributed by atoms with van der Waals surface area (Å²) in [4.78, 5) is 32.6. The number of piperidine rings is 1. The third-order valence-electron chi connectivity index (χ3n) is 3.94. The molecule has 1 aliphatic rings. The smallest absolute Gasteiger partial charge is 0.273 e. The number of halogens is 2. The highest BCUT2D eigenvalue weighted by molar-refractivity contribution is 6.07. The summed E-state index contributed by atoms with van der Waals surface area (Å²) in [5.41, 5.74) is -0.283. The van der Waals surface area contributed by atoms with Crippen molar-refractivity contribution in [2.45, 2.75) is 18.9 Å². The van der Waals surface area contributed by atoms with Gasteiger partial charge in [0, 0.05) is 30.1 Å². The molecular weight excluding hydrogens is 344 g/mol. The minimum atomic E-state index is -0.877. The lowest BCUT2D eigenvalue weighted by molar-refractivity contribution is 0.0925. The molecular formula is C17H17F2N5O2. The molecule has 0 unspecified atom stereocenters. The highest BCUT2D eigenvalue weighted by atomic mass is 19.1. The number of hydrogen-bond acceptors (Lipinski definition) is 5. The van der Waals surface area contributed by atoms with Crippen LogP contribution in [0.25, 0.3) is 0 Å². The van der Waals surface area contributed by atoms with Gasteiger partial charge in [0.2, 0.25) is 0 Å². The Bertz CT molecular complexity index is 804. The summed E-state index contributed by atoms with van der Waals surface area (Å²) in [6, 6.07) is 2.45. The summed E-state index contributed by atoms with van der Waals surface area (Å²) >= 11 is 0. The van der Waals surface area contributed by atoms with Gasteiger partial charge < -0.3 is 16.0 Å². The molecule has 0 radical (unpaired) electrons. The van der Waals surface area contributed by atoms with Crippen molar-refractivity contribution in [3.8, 4) is 0 Å². The quantitative estimate of drug-likeness (QED) is 0.767. The van der Waals surface area contributed by atoms with E-state index in [4.69, 9.17) is 0 Å². The normalized spacial score (nSPS) is 14.7. The van der Waals surface area contributed by atoms with Gasteiger partial charge in [-0.1, -0.05) is 0 Å². The van der Waals surface area contributed by atoms with Crippen molar-refractivity contribution >= 4 is 17.6 Å². The molecule has 0 bridgehead atoms. The van der Waals surface area contributed by atoms with E-state index < -0.39 is 23.4 Å². The second kappa shape index (κ2) is 7.96. The first kappa shape index (κ1) is 17.9. The molecule has 2 amide bonds. The summed E-state index contributed by atoms with van der Waals surface area (Å²) in [5.74, 6) is -3.09. The molecule has 1 aromatic heterocycles. The average Bonchev–Trinajstić information content (AvgIpc) is 2.62. The van der Waals surface area contributed by atoms with E-state index in [1.807, 2.05) is 0 Å². The molecule has 2 aromatic rings. The SMILES string of the molecule is O=C(Nc1nccnc1C(=O)NC1CCNCC1)c1cc(F)cc(F)c1. The number of anilines is 1. The molecule has 1 aliphatic heterocycles. The van der Waals surface area contributed by atoms with Crippen LogP contribution in [0, 0.1) is 11.6 Å². The second-order valence-corrected chi connectivity index (χ2v) is 5.86. The van der Waals surface area contributed by atoms with E-state index in [0.29, 0.717) is 6.07 Å². The van der Waals surface area contributed by atoms with Crippen molar-refractivity contribution in [1.82, 2.24) is 20.6 Å². The summed E-state index contributed by atoms with van der Waals surface area (Å²) in [5, 5.41) is 8.43. The van der Waals surface area contributed by atoms with Gasteiger partial charge in [-0.15, -0.1) is 0 Å². The number of aromatic nitrogens is 2. The van der Waals surface area contributed by atoms with E-state index in [1.165, 1.54) is 12.4 Å². The van der Waals surface area contributed by atoms with Crippen molar-refractivity contribution in [1.29, 1.82) is 0 Å². The Labute approximate surface area is 148 Å². The number of rotatable bonds is 4. The van der Waals surface area contributed by atoms with Gasteiger partial charge in [-0.3, -0.25) is 9.59 Å². The van der Waals surface area contributed by atoms with Crippen molar-refractivity contribution in [3.05, 3.63) is 53.5 Å². The van der Waals surface area contributed by atoms with Gasteiger partial charge in [0.05, 0.1) is 0 Å². The monoisotopic (exact) mass is 361 g/mol. The lowest BCUT2D eigenvalue weighted by Crippen LogP contribution is -2.43. The number of amides is 2. The van der Waals surface area contributed by atoms with Crippen LogP contribution in [0.5, 0.6) is 0 Å². The molecule has 9 heteroatoms. The highest BCUT2D eigenvalue weighted by Gasteiger charge is 2.21. The van der Waals surface area contributed by atoms with Crippen LogP contribution in [0.4, 0.5) is 14.6 Å². The summed E-state index contributed by atoms with van der Waals surface area (Å²) in [6.07, 6.45) is 4.21. The zero-order chi connectivity index (χ0) is 18.5. The zero-order valence-electron chi connectivity index (χ0n) is 13.8. The Kier molecular flexibility index (Phi) is 5.47. The van der Waals surface area contributed by atoms with E-state index in [9.17, 15) is 18.4 Å². The largest absolute Gasteiger partial charge is 0.348 e. The highest BCUT2D eigenvalue weighted by Crippen LogP contribution is 2.14. The minimum absolute atomic E-state index is 0.00613. The van der Waals surface area contributed by atoms with Crippen LogP contribution >= 0.6 is 0 Å². The summed E-state index contributed by atoms with van der Waals surface area (Å²) < 4.78 is 26.6. The molecule has 0 atom stereocenters. The van der Waals surface area contributed by atoms with Crippen LogP contribution in [-0.2, 0) is 0 Å². The maximum atomic E-state index is 13.3. The van der Waals surface area contributed by atoms with Gasteiger partial charge in [0.25, 0.3) is 11.8 Å². The number of benzene rings is 1. The lowest BCUT2D eigenvalue weighted by Gasteiger charge is -2.23. The Balaban J connectivity index is 1.76. The molecule has 0 saturated carbocycles. The summed E-state index contributed by atoms with van der Waals surface area (Å²) in [6.45, 7) is 1.61. The van der Waals surface area contributed by atoms with Gasteiger partial charge in [-0.05, 0) is 38.1 Å². The van der Waals surface area contributed by atoms with E-state index in [2.05, 4.69) is 25.9 Å². The fourth-order valence-electron chi connectivity index (χ4n) is 2.68. The molecule has 2 heterocycles. The van der Waals surface area contributed by atoms with Gasteiger partial charge >= 0.3 is 0 Å². The van der Waals surface area contributed by atoms with Crippen LogP contribution in [0.2, 0.25) is 0 Å². The van der Waals surface area contributed by atoms with Gasteiger partial charge in [0.1, 0.15) is 11.6 Å². The lowest BCUT2D eigenvalue weighted by atomic mass is 10.1. The molecule has 3 rings (SSSR count). The second-order valence-electron chi connectivity index (χ2n) is 5.86. The predicted octanol–water partition coefficient (Wildman–Crippen LogP) is 1.49. The zero-order valence-corrected chi connectivity index (χ0v) is 13.8. The molecule has 1 aromatic carbocycles. The third-order valence-corrected chi connectivity index (χ3v) is 3.94. The van der Waals surface area contributed by atoms with Crippen molar-refractivity contribution in [2.24, 2.45) is 0 Å². The minimum Gasteiger partial charge on any atom is -0.348 e. The first-order valence-corrected chi connectivity index (χ1v) is 8.13. The maximum Gasteiger partial charge on any atom is 0.273 e. The fourth-order valence-corrected chi connectivity index (χ4v) is 2.68.